The highest BCUT2D eigenvalue weighted by atomic mass is 16.4. The minimum absolute atomic E-state index is 0.0607. The van der Waals surface area contributed by atoms with E-state index in [1.54, 1.807) is 18.2 Å². The van der Waals surface area contributed by atoms with Gasteiger partial charge in [0.1, 0.15) is 0 Å². The van der Waals surface area contributed by atoms with Gasteiger partial charge < -0.3 is 10.4 Å². The predicted molar refractivity (Wildman–Crippen MR) is 80.4 cm³/mol. The van der Waals surface area contributed by atoms with Crippen LogP contribution in [0.1, 0.15) is 34.5 Å². The minimum atomic E-state index is -0.948. The Labute approximate surface area is 118 Å². The van der Waals surface area contributed by atoms with Crippen LogP contribution in [-0.4, -0.2) is 11.1 Å². The van der Waals surface area contributed by atoms with Gasteiger partial charge in [0.05, 0.1) is 5.56 Å². The Kier molecular flexibility index (Phi) is 4.20. The van der Waals surface area contributed by atoms with Crippen LogP contribution in [0.15, 0.2) is 61.2 Å². The molecule has 1 atom stereocenters. The first kappa shape index (κ1) is 13.9. The summed E-state index contributed by atoms with van der Waals surface area (Å²) in [6.07, 6.45) is 0. The molecule has 0 saturated carbocycles. The Bertz CT molecular complexity index is 620. The Morgan fingerprint density at radius 3 is 2.20 bits per heavy atom. The average molecular weight is 267 g/mol. The first-order valence-corrected chi connectivity index (χ1v) is 6.42. The van der Waals surface area contributed by atoms with Crippen LogP contribution >= 0.6 is 0 Å². The average Bonchev–Trinajstić information content (AvgIpc) is 2.48. The summed E-state index contributed by atoms with van der Waals surface area (Å²) in [5, 5.41) is 12.4. The molecule has 0 aromatic heterocycles. The van der Waals surface area contributed by atoms with Crippen LogP contribution in [0, 0.1) is 0 Å². The van der Waals surface area contributed by atoms with Crippen molar-refractivity contribution in [3.63, 3.8) is 0 Å². The lowest BCUT2D eigenvalue weighted by Gasteiger charge is -2.18. The number of nitrogens with one attached hydrogen (secondary N) is 1. The zero-order valence-corrected chi connectivity index (χ0v) is 11.3. The third-order valence-corrected chi connectivity index (χ3v) is 3.17. The van der Waals surface area contributed by atoms with Gasteiger partial charge in [-0.05, 0) is 18.6 Å². The molecule has 0 fully saturated rings. The molecule has 0 aliphatic carbocycles. The zero-order chi connectivity index (χ0) is 14.5. The summed E-state index contributed by atoms with van der Waals surface area (Å²) in [6, 6.07) is 16.9. The fourth-order valence-corrected chi connectivity index (χ4v) is 2.10. The van der Waals surface area contributed by atoms with Gasteiger partial charge in [0.2, 0.25) is 0 Å². The van der Waals surface area contributed by atoms with E-state index in [0.717, 1.165) is 5.56 Å². The molecule has 0 saturated heterocycles. The number of hydrogen-bond donors (Lipinski definition) is 2. The Morgan fingerprint density at radius 1 is 1.05 bits per heavy atom. The maximum atomic E-state index is 11.2. The summed E-state index contributed by atoms with van der Waals surface area (Å²) in [6.45, 7) is 5.98. The highest BCUT2D eigenvalue weighted by Crippen LogP contribution is 2.20. The van der Waals surface area contributed by atoms with E-state index in [2.05, 4.69) is 11.9 Å². The van der Waals surface area contributed by atoms with E-state index in [-0.39, 0.29) is 11.6 Å². The van der Waals surface area contributed by atoms with Gasteiger partial charge in [0.15, 0.2) is 0 Å². The van der Waals surface area contributed by atoms with E-state index in [4.69, 9.17) is 0 Å². The molecule has 0 amide bonds. The van der Waals surface area contributed by atoms with Gasteiger partial charge in [-0.2, -0.15) is 0 Å². The van der Waals surface area contributed by atoms with Crippen molar-refractivity contribution in [2.45, 2.75) is 13.0 Å². The molecular formula is C17H17NO2. The second-order valence-corrected chi connectivity index (χ2v) is 4.61. The molecule has 3 heteroatoms. The van der Waals surface area contributed by atoms with Crippen molar-refractivity contribution in [2.75, 3.05) is 0 Å². The maximum Gasteiger partial charge on any atom is 0.336 e. The van der Waals surface area contributed by atoms with E-state index in [1.807, 2.05) is 43.3 Å². The largest absolute Gasteiger partial charge is 0.478 e. The van der Waals surface area contributed by atoms with E-state index >= 15 is 0 Å². The Morgan fingerprint density at radius 2 is 1.60 bits per heavy atom. The smallest absolute Gasteiger partial charge is 0.336 e. The van der Waals surface area contributed by atoms with Gasteiger partial charge in [0.25, 0.3) is 0 Å². The molecule has 2 aromatic carbocycles. The lowest BCUT2D eigenvalue weighted by atomic mass is 10.0. The SMILES string of the molecule is C=C(NC(C)c1ccccc1)c1ccccc1C(=O)O. The van der Waals surface area contributed by atoms with Crippen molar-refractivity contribution >= 4 is 11.7 Å². The standard InChI is InChI=1S/C17H17NO2/c1-12(14-8-4-3-5-9-14)18-13(2)15-10-6-7-11-16(15)17(19)20/h3-12,18H,2H2,1H3,(H,19,20). The second-order valence-electron chi connectivity index (χ2n) is 4.61. The van der Waals surface area contributed by atoms with Gasteiger partial charge in [-0.15, -0.1) is 0 Å². The van der Waals surface area contributed by atoms with E-state index < -0.39 is 5.97 Å². The molecule has 1 unspecified atom stereocenters. The summed E-state index contributed by atoms with van der Waals surface area (Å²) in [7, 11) is 0. The van der Waals surface area contributed by atoms with Gasteiger partial charge in [-0.1, -0.05) is 55.1 Å². The van der Waals surface area contributed by atoms with Crippen molar-refractivity contribution in [1.82, 2.24) is 5.32 Å². The van der Waals surface area contributed by atoms with Crippen molar-refractivity contribution in [3.05, 3.63) is 77.9 Å². The van der Waals surface area contributed by atoms with Crippen LogP contribution in [0.3, 0.4) is 0 Å². The number of hydrogen-bond acceptors (Lipinski definition) is 2. The number of carbonyl (C=O) groups is 1. The molecule has 0 bridgehead atoms. The van der Waals surface area contributed by atoms with E-state index in [0.29, 0.717) is 11.3 Å². The molecule has 2 rings (SSSR count). The molecule has 20 heavy (non-hydrogen) atoms. The monoisotopic (exact) mass is 267 g/mol. The van der Waals surface area contributed by atoms with E-state index in [1.165, 1.54) is 0 Å². The molecule has 0 aliphatic rings. The van der Waals surface area contributed by atoms with Crippen LogP contribution in [0.25, 0.3) is 5.70 Å². The lowest BCUT2D eigenvalue weighted by Crippen LogP contribution is -2.18. The Balaban J connectivity index is 2.19. The fourth-order valence-electron chi connectivity index (χ4n) is 2.10. The van der Waals surface area contributed by atoms with Crippen molar-refractivity contribution in [1.29, 1.82) is 0 Å². The fraction of sp³-hybridized carbons (Fsp3) is 0.118. The van der Waals surface area contributed by atoms with Crippen LogP contribution in [0.5, 0.6) is 0 Å². The summed E-state index contributed by atoms with van der Waals surface area (Å²) in [5.74, 6) is -0.948. The predicted octanol–water partition coefficient (Wildman–Crippen LogP) is 3.71. The highest BCUT2D eigenvalue weighted by molar-refractivity contribution is 5.93. The molecule has 102 valence electrons. The molecule has 0 heterocycles. The molecule has 0 spiro atoms. The zero-order valence-electron chi connectivity index (χ0n) is 11.3. The van der Waals surface area contributed by atoms with Crippen LogP contribution < -0.4 is 5.32 Å². The maximum absolute atomic E-state index is 11.2. The van der Waals surface area contributed by atoms with Crippen LogP contribution in [-0.2, 0) is 0 Å². The molecule has 2 aromatic rings. The Hall–Kier alpha value is -2.55. The normalized spacial score (nSPS) is 11.7. The summed E-state index contributed by atoms with van der Waals surface area (Å²) in [5.41, 5.74) is 2.61. The lowest BCUT2D eigenvalue weighted by molar-refractivity contribution is 0.0696. The van der Waals surface area contributed by atoms with Crippen molar-refractivity contribution in [3.8, 4) is 0 Å². The first-order valence-electron chi connectivity index (χ1n) is 6.42. The molecular weight excluding hydrogens is 250 g/mol. The topological polar surface area (TPSA) is 49.3 Å². The number of benzene rings is 2. The van der Waals surface area contributed by atoms with Crippen molar-refractivity contribution < 1.29 is 9.90 Å². The van der Waals surface area contributed by atoms with Gasteiger partial charge in [-0.25, -0.2) is 4.79 Å². The van der Waals surface area contributed by atoms with Gasteiger partial charge in [-0.3, -0.25) is 0 Å². The number of aromatic carboxylic acids is 1. The van der Waals surface area contributed by atoms with E-state index in [9.17, 15) is 9.90 Å². The summed E-state index contributed by atoms with van der Waals surface area (Å²) in [4.78, 5) is 11.2. The number of rotatable bonds is 5. The third-order valence-electron chi connectivity index (χ3n) is 3.17. The number of carboxylic acids is 1. The highest BCUT2D eigenvalue weighted by Gasteiger charge is 2.13. The molecule has 0 radical (unpaired) electrons. The minimum Gasteiger partial charge on any atom is -0.478 e. The van der Waals surface area contributed by atoms with Gasteiger partial charge >= 0.3 is 5.97 Å². The summed E-state index contributed by atoms with van der Waals surface area (Å²) < 4.78 is 0. The van der Waals surface area contributed by atoms with Crippen LogP contribution in [0.2, 0.25) is 0 Å². The van der Waals surface area contributed by atoms with Gasteiger partial charge in [0, 0.05) is 17.3 Å². The van der Waals surface area contributed by atoms with Crippen molar-refractivity contribution in [2.24, 2.45) is 0 Å². The first-order chi connectivity index (χ1) is 9.59. The van der Waals surface area contributed by atoms with Crippen LogP contribution in [0.4, 0.5) is 0 Å². The second kappa shape index (κ2) is 6.06. The third kappa shape index (κ3) is 3.06. The molecule has 2 N–H and O–H groups in total. The quantitative estimate of drug-likeness (QED) is 0.868. The number of carboxylic acid groups (broad SMARTS) is 1. The molecule has 3 nitrogen and oxygen atoms in total. The summed E-state index contributed by atoms with van der Waals surface area (Å²) >= 11 is 0. The molecule has 0 aliphatic heterocycles.